The molecule has 0 saturated carbocycles. The molecule has 0 heterocycles. The van der Waals surface area contributed by atoms with Crippen LogP contribution in [0.25, 0.3) is 12.2 Å². The quantitative estimate of drug-likeness (QED) is 0.376. The normalized spacial score (nSPS) is 12.2. The number of carbonyl (C=O) groups is 1. The monoisotopic (exact) mass is 382 g/mol. The molecule has 28 heavy (non-hydrogen) atoms. The van der Waals surface area contributed by atoms with Gasteiger partial charge in [-0.25, -0.2) is 0 Å². The second-order valence-corrected chi connectivity index (χ2v) is 5.90. The number of carbonyl (C=O) groups excluding carboxylic acids is 1. The summed E-state index contributed by atoms with van der Waals surface area (Å²) in [4.78, 5) is 12.3. The largest absolute Gasteiger partial charge is 0.508 e. The maximum absolute atomic E-state index is 12.3. The fourth-order valence-electron chi connectivity index (χ4n) is 2.32. The Hall–Kier alpha value is -3.67. The lowest BCUT2D eigenvalue weighted by Crippen LogP contribution is -1.98. The molecule has 0 saturated heterocycles. The summed E-state index contributed by atoms with van der Waals surface area (Å²) in [6.45, 7) is 1.52. The topological polar surface area (TPSA) is 96.2 Å². The number of rotatable bonds is 7. The molecule has 0 bridgehead atoms. The summed E-state index contributed by atoms with van der Waals surface area (Å²) in [5.41, 5.74) is 1.53. The van der Waals surface area contributed by atoms with Gasteiger partial charge in [0.25, 0.3) is 0 Å². The van der Waals surface area contributed by atoms with Crippen molar-refractivity contribution in [2.45, 2.75) is 6.92 Å². The molecule has 0 spiro atoms. The average Bonchev–Trinajstić information content (AvgIpc) is 2.71. The number of hydrogen-bond acceptors (Lipinski definition) is 6. The van der Waals surface area contributed by atoms with Crippen LogP contribution >= 0.6 is 0 Å². The van der Waals surface area contributed by atoms with Crippen molar-refractivity contribution < 1.29 is 29.6 Å². The Labute approximate surface area is 163 Å². The lowest BCUT2D eigenvalue weighted by atomic mass is 10.1. The number of aliphatic hydroxyl groups is 1. The first-order valence-corrected chi connectivity index (χ1v) is 8.40. The number of ketones is 1. The van der Waals surface area contributed by atoms with Crippen LogP contribution in [0.15, 0.2) is 59.9 Å². The maximum Gasteiger partial charge on any atom is 0.185 e. The first-order chi connectivity index (χ1) is 13.3. The molecule has 0 unspecified atom stereocenters. The molecule has 0 amide bonds. The molecular formula is C22H22O6. The Kier molecular flexibility index (Phi) is 6.87. The van der Waals surface area contributed by atoms with Crippen LogP contribution in [0.1, 0.15) is 18.1 Å². The summed E-state index contributed by atoms with van der Waals surface area (Å²) < 4.78 is 10.1. The van der Waals surface area contributed by atoms with Crippen molar-refractivity contribution in [2.24, 2.45) is 0 Å². The van der Waals surface area contributed by atoms with E-state index in [4.69, 9.17) is 9.47 Å². The molecule has 0 aliphatic carbocycles. The Morgan fingerprint density at radius 2 is 1.32 bits per heavy atom. The minimum atomic E-state index is -0.363. The number of allylic oxidation sites excluding steroid dienone is 3. The van der Waals surface area contributed by atoms with E-state index in [1.807, 2.05) is 0 Å². The zero-order chi connectivity index (χ0) is 20.7. The van der Waals surface area contributed by atoms with E-state index < -0.39 is 0 Å². The molecule has 0 aromatic heterocycles. The minimum absolute atomic E-state index is 0.00990. The van der Waals surface area contributed by atoms with Gasteiger partial charge in [0.2, 0.25) is 0 Å². The van der Waals surface area contributed by atoms with Crippen LogP contribution in [-0.2, 0) is 4.79 Å². The third-order valence-corrected chi connectivity index (χ3v) is 4.02. The molecule has 0 radical (unpaired) electrons. The van der Waals surface area contributed by atoms with Crippen molar-refractivity contribution in [2.75, 3.05) is 14.2 Å². The van der Waals surface area contributed by atoms with Gasteiger partial charge in [-0.05, 0) is 54.5 Å². The number of phenols is 2. The van der Waals surface area contributed by atoms with E-state index in [9.17, 15) is 20.1 Å². The molecular weight excluding hydrogens is 360 g/mol. The van der Waals surface area contributed by atoms with Crippen molar-refractivity contribution >= 4 is 17.9 Å². The van der Waals surface area contributed by atoms with E-state index in [1.54, 1.807) is 36.4 Å². The summed E-state index contributed by atoms with van der Waals surface area (Å²) in [6.07, 6.45) is 5.89. The van der Waals surface area contributed by atoms with Crippen molar-refractivity contribution in [3.05, 3.63) is 71.0 Å². The summed E-state index contributed by atoms with van der Waals surface area (Å²) in [7, 11) is 2.88. The van der Waals surface area contributed by atoms with Gasteiger partial charge in [-0.3, -0.25) is 4.79 Å². The Morgan fingerprint density at radius 1 is 0.857 bits per heavy atom. The van der Waals surface area contributed by atoms with Crippen LogP contribution < -0.4 is 9.47 Å². The Bertz CT molecular complexity index is 953. The predicted molar refractivity (Wildman–Crippen MR) is 108 cm³/mol. The van der Waals surface area contributed by atoms with Crippen molar-refractivity contribution in [3.63, 3.8) is 0 Å². The second-order valence-electron chi connectivity index (χ2n) is 5.90. The van der Waals surface area contributed by atoms with Gasteiger partial charge in [-0.1, -0.05) is 24.3 Å². The molecule has 146 valence electrons. The van der Waals surface area contributed by atoms with Gasteiger partial charge in [0.05, 0.1) is 14.2 Å². The molecule has 2 aromatic rings. The van der Waals surface area contributed by atoms with Gasteiger partial charge in [0.15, 0.2) is 28.8 Å². The molecule has 0 atom stereocenters. The molecule has 2 aromatic carbocycles. The number of benzene rings is 2. The smallest absolute Gasteiger partial charge is 0.185 e. The molecule has 0 aliphatic rings. The Balaban J connectivity index is 2.15. The third-order valence-electron chi connectivity index (χ3n) is 4.02. The van der Waals surface area contributed by atoms with Crippen molar-refractivity contribution in [1.29, 1.82) is 0 Å². The SMILES string of the molecule is COc1cc(/C=C/C(=O)C(C)=C(O)/C=C/c2ccc(O)c(OC)c2)ccc1O. The standard InChI is InChI=1S/C22H22O6/c1-14(17(23)8-4-15-6-10-19(25)21(12-15)27-2)18(24)9-5-16-7-11-20(26)22(13-16)28-3/h4-13,23,25-26H,1-3H3/b8-4+,9-5+,17-14?. The summed E-state index contributed by atoms with van der Waals surface area (Å²) in [5.74, 6) is 0.0996. The summed E-state index contributed by atoms with van der Waals surface area (Å²) >= 11 is 0. The van der Waals surface area contributed by atoms with Gasteiger partial charge in [0.1, 0.15) is 5.76 Å². The average molecular weight is 382 g/mol. The molecule has 6 nitrogen and oxygen atoms in total. The summed E-state index contributed by atoms with van der Waals surface area (Å²) in [6, 6.07) is 9.43. The van der Waals surface area contributed by atoms with Gasteiger partial charge in [0, 0.05) is 5.57 Å². The number of aliphatic hydroxyl groups excluding tert-OH is 1. The highest BCUT2D eigenvalue weighted by atomic mass is 16.5. The zero-order valence-electron chi connectivity index (χ0n) is 15.8. The lowest BCUT2D eigenvalue weighted by Gasteiger charge is -2.04. The Morgan fingerprint density at radius 3 is 1.79 bits per heavy atom. The first-order valence-electron chi connectivity index (χ1n) is 8.40. The van der Waals surface area contributed by atoms with E-state index in [-0.39, 0.29) is 28.6 Å². The van der Waals surface area contributed by atoms with Gasteiger partial charge in [-0.15, -0.1) is 0 Å². The predicted octanol–water partition coefficient (Wildman–Crippen LogP) is 4.24. The molecule has 0 fully saturated rings. The van der Waals surface area contributed by atoms with Crippen molar-refractivity contribution in [1.82, 2.24) is 0 Å². The fraction of sp³-hybridized carbons (Fsp3) is 0.136. The van der Waals surface area contributed by atoms with E-state index >= 15 is 0 Å². The fourth-order valence-corrected chi connectivity index (χ4v) is 2.32. The maximum atomic E-state index is 12.3. The number of phenolic OH excluding ortho intramolecular Hbond substituents is 2. The highest BCUT2D eigenvalue weighted by molar-refractivity contribution is 6.06. The van der Waals surface area contributed by atoms with E-state index in [1.165, 1.54) is 45.4 Å². The van der Waals surface area contributed by atoms with Crippen LogP contribution in [0, 0.1) is 0 Å². The zero-order valence-corrected chi connectivity index (χ0v) is 15.8. The lowest BCUT2D eigenvalue weighted by molar-refractivity contribution is -0.111. The van der Waals surface area contributed by atoms with Crippen molar-refractivity contribution in [3.8, 4) is 23.0 Å². The first kappa shape index (κ1) is 20.6. The highest BCUT2D eigenvalue weighted by Gasteiger charge is 2.07. The van der Waals surface area contributed by atoms with E-state index in [0.717, 1.165) is 0 Å². The third kappa shape index (κ3) is 5.17. The molecule has 3 N–H and O–H groups in total. The second kappa shape index (κ2) is 9.32. The van der Waals surface area contributed by atoms with Crippen LogP contribution in [0.3, 0.4) is 0 Å². The van der Waals surface area contributed by atoms with Crippen LogP contribution in [-0.4, -0.2) is 35.3 Å². The number of ether oxygens (including phenoxy) is 2. The number of aromatic hydroxyl groups is 2. The number of methoxy groups -OCH3 is 2. The molecule has 2 rings (SSSR count). The van der Waals surface area contributed by atoms with Gasteiger partial charge < -0.3 is 24.8 Å². The molecule has 6 heteroatoms. The van der Waals surface area contributed by atoms with E-state index in [0.29, 0.717) is 22.6 Å². The van der Waals surface area contributed by atoms with E-state index in [2.05, 4.69) is 0 Å². The van der Waals surface area contributed by atoms with Crippen LogP contribution in [0.2, 0.25) is 0 Å². The molecule has 0 aliphatic heterocycles. The van der Waals surface area contributed by atoms with Gasteiger partial charge >= 0.3 is 0 Å². The number of hydrogen-bond donors (Lipinski definition) is 3. The summed E-state index contributed by atoms with van der Waals surface area (Å²) in [5, 5.41) is 29.3. The van der Waals surface area contributed by atoms with Crippen LogP contribution in [0.5, 0.6) is 23.0 Å². The highest BCUT2D eigenvalue weighted by Crippen LogP contribution is 2.28. The van der Waals surface area contributed by atoms with Gasteiger partial charge in [-0.2, -0.15) is 0 Å². The minimum Gasteiger partial charge on any atom is -0.508 e. The van der Waals surface area contributed by atoms with Crippen LogP contribution in [0.4, 0.5) is 0 Å².